The highest BCUT2D eigenvalue weighted by Gasteiger charge is 2.43. The Morgan fingerprint density at radius 1 is 0.875 bits per heavy atom. The molecule has 2 saturated heterocycles. The highest BCUT2D eigenvalue weighted by molar-refractivity contribution is 5.96. The van der Waals surface area contributed by atoms with Crippen LogP contribution in [0.1, 0.15) is 93.1 Å². The molecule has 2 aliphatic heterocycles. The van der Waals surface area contributed by atoms with E-state index in [9.17, 15) is 24.0 Å². The van der Waals surface area contributed by atoms with Crippen molar-refractivity contribution in [3.63, 3.8) is 0 Å². The number of esters is 1. The van der Waals surface area contributed by atoms with Crippen LogP contribution >= 0.6 is 0 Å². The molecule has 0 radical (unpaired) electrons. The molecule has 2 aliphatic rings. The van der Waals surface area contributed by atoms with Gasteiger partial charge in [0.05, 0.1) is 18.2 Å². The third-order valence-corrected chi connectivity index (χ3v) is 8.76. The van der Waals surface area contributed by atoms with Crippen molar-refractivity contribution < 1.29 is 33.4 Å². The average molecular weight is 672 g/mol. The number of carbonyl (C=O) groups is 5. The van der Waals surface area contributed by atoms with Crippen LogP contribution in [0.3, 0.4) is 0 Å². The maximum Gasteiger partial charge on any atom is 0.329 e. The number of amides is 4. The Morgan fingerprint density at radius 2 is 1.46 bits per heavy atom. The fraction of sp³-hybridized carbons (Fsp3) is 0.694. The second-order valence-electron chi connectivity index (χ2n) is 15.1. The highest BCUT2D eigenvalue weighted by atomic mass is 16.6. The van der Waals surface area contributed by atoms with Crippen LogP contribution in [0.5, 0.6) is 0 Å². The lowest BCUT2D eigenvalue weighted by molar-refractivity contribution is -0.164. The summed E-state index contributed by atoms with van der Waals surface area (Å²) in [5.41, 5.74) is 5.84. The fourth-order valence-corrected chi connectivity index (χ4v) is 6.01. The number of benzene rings is 1. The van der Waals surface area contributed by atoms with Crippen molar-refractivity contribution in [2.45, 2.75) is 135 Å². The first-order valence-corrected chi connectivity index (χ1v) is 17.3. The molecule has 3 rings (SSSR count). The number of nitrogens with two attached hydrogens (primary N) is 1. The number of ether oxygens (including phenoxy) is 2. The summed E-state index contributed by atoms with van der Waals surface area (Å²) in [5.74, 6) is -2.42. The highest BCUT2D eigenvalue weighted by Crippen LogP contribution is 2.25. The minimum atomic E-state index is -1.07. The Balaban J connectivity index is 1.76. The molecule has 4 N–H and O–H groups in total. The third-order valence-electron chi connectivity index (χ3n) is 8.76. The van der Waals surface area contributed by atoms with Crippen molar-refractivity contribution in [1.82, 2.24) is 20.4 Å². The molecule has 2 heterocycles. The second-order valence-corrected chi connectivity index (χ2v) is 15.1. The molecule has 4 amide bonds. The van der Waals surface area contributed by atoms with E-state index < -0.39 is 65.1 Å². The van der Waals surface area contributed by atoms with Gasteiger partial charge >= 0.3 is 5.97 Å². The van der Waals surface area contributed by atoms with Crippen molar-refractivity contribution in [2.75, 3.05) is 19.7 Å². The zero-order valence-electron chi connectivity index (χ0n) is 30.0. The maximum atomic E-state index is 14.0. The van der Waals surface area contributed by atoms with Gasteiger partial charge in [0, 0.05) is 13.1 Å². The molecular formula is C36H57N5O7. The Bertz CT molecular complexity index is 1280. The zero-order valence-corrected chi connectivity index (χ0v) is 30.0. The normalized spacial score (nSPS) is 20.9. The van der Waals surface area contributed by atoms with E-state index in [2.05, 4.69) is 10.6 Å². The van der Waals surface area contributed by atoms with Gasteiger partial charge in [-0.2, -0.15) is 0 Å². The van der Waals surface area contributed by atoms with Gasteiger partial charge in [-0.15, -0.1) is 0 Å². The zero-order chi connectivity index (χ0) is 35.8. The fourth-order valence-electron chi connectivity index (χ4n) is 6.01. The van der Waals surface area contributed by atoms with Crippen molar-refractivity contribution in [3.05, 3.63) is 35.9 Å². The number of nitrogens with one attached hydrogen (secondary N) is 2. The first-order valence-electron chi connectivity index (χ1n) is 17.3. The Hall–Kier alpha value is -3.51. The van der Waals surface area contributed by atoms with Crippen LogP contribution in [-0.2, 0) is 39.9 Å². The summed E-state index contributed by atoms with van der Waals surface area (Å²) in [6.45, 7) is 15.3. The SMILES string of the molecule is CC[C@H](C)[C@H](NC(=O)[C@@H]1CCCN1C(=O)[C@H](COC(C)(C)C)NC(=O)[C@@H](N)Cc1ccccc1)C(=O)N1CCC[C@H]1C(=O)OC(C)(C)C. The summed E-state index contributed by atoms with van der Waals surface area (Å²) in [4.78, 5) is 71.0. The molecule has 1 aromatic rings. The average Bonchev–Trinajstić information content (AvgIpc) is 3.71. The van der Waals surface area contributed by atoms with E-state index in [0.29, 0.717) is 51.6 Å². The molecule has 0 aliphatic carbocycles. The molecule has 6 atom stereocenters. The monoisotopic (exact) mass is 671 g/mol. The quantitative estimate of drug-likeness (QED) is 0.270. The van der Waals surface area contributed by atoms with E-state index in [1.165, 1.54) is 9.80 Å². The molecule has 0 saturated carbocycles. The summed E-state index contributed by atoms with van der Waals surface area (Å²) >= 11 is 0. The minimum absolute atomic E-state index is 0.105. The van der Waals surface area contributed by atoms with E-state index in [1.807, 2.05) is 65.0 Å². The molecular weight excluding hydrogens is 614 g/mol. The van der Waals surface area contributed by atoms with Gasteiger partial charge in [0.15, 0.2) is 0 Å². The molecule has 0 spiro atoms. The Kier molecular flexibility index (Phi) is 13.6. The smallest absolute Gasteiger partial charge is 0.329 e. The third kappa shape index (κ3) is 11.0. The molecule has 2 fully saturated rings. The van der Waals surface area contributed by atoms with E-state index in [0.717, 1.165) is 5.56 Å². The number of carbonyl (C=O) groups excluding carboxylic acids is 5. The number of nitrogens with zero attached hydrogens (tertiary/aromatic N) is 2. The molecule has 0 aromatic heterocycles. The van der Waals surface area contributed by atoms with Gasteiger partial charge in [-0.1, -0.05) is 50.6 Å². The van der Waals surface area contributed by atoms with Gasteiger partial charge in [0.1, 0.15) is 29.8 Å². The van der Waals surface area contributed by atoms with Crippen molar-refractivity contribution >= 4 is 29.6 Å². The lowest BCUT2D eigenvalue weighted by Gasteiger charge is -2.34. The first kappa shape index (κ1) is 38.9. The summed E-state index contributed by atoms with van der Waals surface area (Å²) in [6.07, 6.45) is 3.02. The molecule has 48 heavy (non-hydrogen) atoms. The van der Waals surface area contributed by atoms with Crippen LogP contribution in [0, 0.1) is 5.92 Å². The van der Waals surface area contributed by atoms with Crippen LogP contribution in [0.4, 0.5) is 0 Å². The van der Waals surface area contributed by atoms with E-state index in [-0.39, 0.29) is 18.4 Å². The summed E-state index contributed by atoms with van der Waals surface area (Å²) in [7, 11) is 0. The number of hydrogen-bond acceptors (Lipinski definition) is 8. The Labute approximate surface area is 285 Å². The van der Waals surface area contributed by atoms with Gasteiger partial charge < -0.3 is 35.6 Å². The molecule has 1 aromatic carbocycles. The van der Waals surface area contributed by atoms with Crippen LogP contribution in [-0.4, -0.2) is 101 Å². The predicted octanol–water partition coefficient (Wildman–Crippen LogP) is 2.71. The lowest BCUT2D eigenvalue weighted by Crippen LogP contribution is -2.60. The summed E-state index contributed by atoms with van der Waals surface area (Å²) in [5, 5.41) is 5.73. The largest absolute Gasteiger partial charge is 0.458 e. The topological polar surface area (TPSA) is 160 Å². The van der Waals surface area contributed by atoms with Gasteiger partial charge in [-0.25, -0.2) is 4.79 Å². The van der Waals surface area contributed by atoms with Crippen LogP contribution in [0.25, 0.3) is 0 Å². The Morgan fingerprint density at radius 3 is 2.02 bits per heavy atom. The van der Waals surface area contributed by atoms with Crippen LogP contribution < -0.4 is 16.4 Å². The molecule has 12 heteroatoms. The number of hydrogen-bond donors (Lipinski definition) is 3. The standard InChI is InChI=1S/C36H57N5O7/c1-9-23(2)29(33(45)41-20-14-18-28(41)34(46)48-36(6,7)8)39-31(43)27-17-13-19-40(27)32(44)26(22-47-35(3,4)5)38-30(42)25(37)21-24-15-11-10-12-16-24/h10-12,15-16,23,25-29H,9,13-14,17-22,37H2,1-8H3,(H,38,42)(H,39,43)/t23-,25-,26-,27-,28-,29-/m0/s1. The van der Waals surface area contributed by atoms with Gasteiger partial charge in [0.25, 0.3) is 0 Å². The van der Waals surface area contributed by atoms with Gasteiger partial charge in [-0.05, 0) is 85.1 Å². The van der Waals surface area contributed by atoms with Crippen LogP contribution in [0.2, 0.25) is 0 Å². The van der Waals surface area contributed by atoms with Crippen LogP contribution in [0.15, 0.2) is 30.3 Å². The number of rotatable bonds is 13. The summed E-state index contributed by atoms with van der Waals surface area (Å²) in [6, 6.07) is 4.95. The maximum absolute atomic E-state index is 14.0. The van der Waals surface area contributed by atoms with Crippen molar-refractivity contribution in [1.29, 1.82) is 0 Å². The van der Waals surface area contributed by atoms with Crippen molar-refractivity contribution in [2.24, 2.45) is 11.7 Å². The number of likely N-dealkylation sites (tertiary alicyclic amines) is 2. The second kappa shape index (κ2) is 16.7. The van der Waals surface area contributed by atoms with Crippen molar-refractivity contribution in [3.8, 4) is 0 Å². The molecule has 0 unspecified atom stereocenters. The lowest BCUT2D eigenvalue weighted by atomic mass is 9.96. The molecule has 12 nitrogen and oxygen atoms in total. The van der Waals surface area contributed by atoms with E-state index in [4.69, 9.17) is 15.2 Å². The molecule has 0 bridgehead atoms. The van der Waals surface area contributed by atoms with Gasteiger partial charge in [-0.3, -0.25) is 19.2 Å². The molecule has 268 valence electrons. The van der Waals surface area contributed by atoms with E-state index in [1.54, 1.807) is 20.8 Å². The predicted molar refractivity (Wildman–Crippen MR) is 182 cm³/mol. The first-order chi connectivity index (χ1) is 22.4. The van der Waals surface area contributed by atoms with E-state index >= 15 is 0 Å². The summed E-state index contributed by atoms with van der Waals surface area (Å²) < 4.78 is 11.5. The minimum Gasteiger partial charge on any atom is -0.458 e. The van der Waals surface area contributed by atoms with Gasteiger partial charge in [0.2, 0.25) is 23.6 Å².